The molecule has 0 aromatic heterocycles. The Balaban J connectivity index is 3.03. The second-order valence-electron chi connectivity index (χ2n) is 1.17. The highest BCUT2D eigenvalue weighted by atomic mass is 33.5. The van der Waals surface area contributed by atoms with Crippen LogP contribution in [0.15, 0.2) is 0 Å². The first kappa shape index (κ1) is 10.6. The number of amides is 4. The van der Waals surface area contributed by atoms with E-state index in [0.717, 1.165) is 31.8 Å². The third-order valence-electron chi connectivity index (χ3n) is 0.353. The summed E-state index contributed by atoms with van der Waals surface area (Å²) in [7, 11) is 3.10. The van der Waals surface area contributed by atoms with Gasteiger partial charge in [0.15, 0.2) is 0 Å². The average molecular weight is 214 g/mol. The number of primary amides is 2. The smallest absolute Gasteiger partial charge is 0.322 e. The fourth-order valence-electron chi connectivity index (χ4n) is 0.133. The number of carbonyl (C=O) groups excluding carboxylic acids is 2. The fraction of sp³-hybridized carbons (Fsp3) is 0. The molecule has 0 bridgehead atoms. The van der Waals surface area contributed by atoms with E-state index in [1.54, 1.807) is 0 Å². The number of nitrogens with one attached hydrogen (secondary N) is 2. The van der Waals surface area contributed by atoms with E-state index in [9.17, 15) is 9.59 Å². The van der Waals surface area contributed by atoms with Crippen LogP contribution in [0.2, 0.25) is 0 Å². The van der Waals surface area contributed by atoms with E-state index in [-0.39, 0.29) is 0 Å². The van der Waals surface area contributed by atoms with Gasteiger partial charge in [-0.3, -0.25) is 9.44 Å². The van der Waals surface area contributed by atoms with Gasteiger partial charge >= 0.3 is 12.1 Å². The number of carbonyl (C=O) groups is 2. The molecule has 11 heavy (non-hydrogen) atoms. The highest BCUT2D eigenvalue weighted by molar-refractivity contribution is 9.08. The largest absolute Gasteiger partial charge is 0.351 e. The zero-order valence-electron chi connectivity index (χ0n) is 5.20. The van der Waals surface area contributed by atoms with Crippen LogP contribution in [0, 0.1) is 0 Å². The molecule has 0 aromatic rings. The summed E-state index contributed by atoms with van der Waals surface area (Å²) in [6.45, 7) is 0. The topological polar surface area (TPSA) is 110 Å². The first-order chi connectivity index (χ1) is 5.13. The van der Waals surface area contributed by atoms with Gasteiger partial charge in [-0.1, -0.05) is 0 Å². The summed E-state index contributed by atoms with van der Waals surface area (Å²) in [5.41, 5.74) is 9.46. The first-order valence-electron chi connectivity index (χ1n) is 2.23. The SMILES string of the molecule is NC(=O)NSSSNC(N)=O. The maximum atomic E-state index is 10.1. The van der Waals surface area contributed by atoms with Crippen molar-refractivity contribution < 1.29 is 9.59 Å². The molecule has 6 nitrogen and oxygen atoms in total. The molecule has 9 heteroatoms. The third kappa shape index (κ3) is 9.59. The minimum Gasteiger partial charge on any atom is -0.351 e. The molecule has 0 fully saturated rings. The van der Waals surface area contributed by atoms with Gasteiger partial charge < -0.3 is 11.5 Å². The van der Waals surface area contributed by atoms with E-state index in [4.69, 9.17) is 11.5 Å². The summed E-state index contributed by atoms with van der Waals surface area (Å²) < 4.78 is 4.45. The van der Waals surface area contributed by atoms with Crippen molar-refractivity contribution in [2.24, 2.45) is 11.5 Å². The quantitative estimate of drug-likeness (QED) is 0.303. The van der Waals surface area contributed by atoms with Crippen LogP contribution in [0.3, 0.4) is 0 Å². The zero-order valence-corrected chi connectivity index (χ0v) is 7.65. The molecule has 6 N–H and O–H groups in total. The van der Waals surface area contributed by atoms with Crippen molar-refractivity contribution in [1.29, 1.82) is 0 Å². The molecule has 0 atom stereocenters. The zero-order chi connectivity index (χ0) is 8.69. The van der Waals surface area contributed by atoms with Crippen LogP contribution in [0.1, 0.15) is 0 Å². The number of rotatable bonds is 4. The normalized spacial score (nSPS) is 8.73. The molecule has 0 heterocycles. The second-order valence-corrected chi connectivity index (χ2v) is 4.68. The van der Waals surface area contributed by atoms with Gasteiger partial charge in [0.05, 0.1) is 0 Å². The molecule has 0 aliphatic carbocycles. The van der Waals surface area contributed by atoms with Crippen LogP contribution < -0.4 is 20.9 Å². The second kappa shape index (κ2) is 6.31. The lowest BCUT2D eigenvalue weighted by Crippen LogP contribution is -2.23. The van der Waals surface area contributed by atoms with Crippen LogP contribution in [0.5, 0.6) is 0 Å². The van der Waals surface area contributed by atoms with Crippen LogP contribution >= 0.6 is 31.8 Å². The van der Waals surface area contributed by atoms with Crippen molar-refractivity contribution in [2.45, 2.75) is 0 Å². The van der Waals surface area contributed by atoms with Crippen molar-refractivity contribution >= 4 is 43.8 Å². The van der Waals surface area contributed by atoms with Crippen LogP contribution in [-0.2, 0) is 0 Å². The van der Waals surface area contributed by atoms with Gasteiger partial charge in [-0.15, -0.1) is 0 Å². The van der Waals surface area contributed by atoms with Gasteiger partial charge in [0.1, 0.15) is 0 Å². The Hall–Kier alpha value is -0.410. The fourth-order valence-corrected chi connectivity index (χ4v) is 2.12. The molecule has 0 rings (SSSR count). The van der Waals surface area contributed by atoms with Crippen molar-refractivity contribution in [3.63, 3.8) is 0 Å². The molecule has 0 aromatic carbocycles. The molecule has 0 saturated carbocycles. The predicted octanol–water partition coefficient (Wildman–Crippen LogP) is 0.183. The van der Waals surface area contributed by atoms with Crippen molar-refractivity contribution in [2.75, 3.05) is 0 Å². The molecule has 0 radical (unpaired) electrons. The molecular formula is C2H6N4O2S3. The van der Waals surface area contributed by atoms with E-state index in [1.807, 2.05) is 0 Å². The summed E-state index contributed by atoms with van der Waals surface area (Å²) in [4.78, 5) is 20.1. The Morgan fingerprint density at radius 3 is 1.64 bits per heavy atom. The monoisotopic (exact) mass is 214 g/mol. The summed E-state index contributed by atoms with van der Waals surface area (Å²) in [5.74, 6) is 0. The van der Waals surface area contributed by atoms with Gasteiger partial charge in [-0.2, -0.15) is 0 Å². The Morgan fingerprint density at radius 1 is 1.00 bits per heavy atom. The van der Waals surface area contributed by atoms with Crippen molar-refractivity contribution in [1.82, 2.24) is 9.44 Å². The summed E-state index contributed by atoms with van der Waals surface area (Å²) in [6.07, 6.45) is 0. The first-order valence-corrected chi connectivity index (χ1v) is 5.71. The Bertz CT molecular complexity index is 136. The van der Waals surface area contributed by atoms with Crippen LogP contribution in [0.25, 0.3) is 0 Å². The van der Waals surface area contributed by atoms with Gasteiger partial charge in [-0.25, -0.2) is 9.59 Å². The maximum absolute atomic E-state index is 10.1. The standard InChI is InChI=1S/C2H6N4O2S3/c3-1(7)5-9-11-10-6-2(4)8/h(H3,3,5,7)(H3,4,6,8). The highest BCUT2D eigenvalue weighted by Crippen LogP contribution is 2.28. The van der Waals surface area contributed by atoms with E-state index in [2.05, 4.69) is 9.44 Å². The molecule has 64 valence electrons. The van der Waals surface area contributed by atoms with E-state index in [0.29, 0.717) is 0 Å². The Kier molecular flexibility index (Phi) is 6.07. The molecule has 0 unspecified atom stereocenters. The van der Waals surface area contributed by atoms with Crippen LogP contribution in [0.4, 0.5) is 9.59 Å². The lowest BCUT2D eigenvalue weighted by atomic mass is 11.2. The van der Waals surface area contributed by atoms with E-state index in [1.165, 1.54) is 0 Å². The van der Waals surface area contributed by atoms with Gasteiger partial charge in [0, 0.05) is 31.8 Å². The number of urea groups is 2. The molecule has 0 saturated heterocycles. The van der Waals surface area contributed by atoms with Crippen LogP contribution in [-0.4, -0.2) is 12.1 Å². The minimum atomic E-state index is -0.637. The maximum Gasteiger partial charge on any atom is 0.322 e. The van der Waals surface area contributed by atoms with Crippen molar-refractivity contribution in [3.05, 3.63) is 0 Å². The third-order valence-corrected chi connectivity index (χ3v) is 3.19. The van der Waals surface area contributed by atoms with Gasteiger partial charge in [0.2, 0.25) is 0 Å². The Morgan fingerprint density at radius 2 is 1.36 bits per heavy atom. The molecule has 0 aliphatic heterocycles. The average Bonchev–Trinajstić information content (AvgIpc) is 1.85. The molecule has 4 amide bonds. The summed E-state index contributed by atoms with van der Waals surface area (Å²) in [6, 6.07) is -1.27. The highest BCUT2D eigenvalue weighted by Gasteiger charge is 1.95. The predicted molar refractivity (Wildman–Crippen MR) is 48.2 cm³/mol. The lowest BCUT2D eigenvalue weighted by Gasteiger charge is -1.98. The van der Waals surface area contributed by atoms with Gasteiger partial charge in [0.25, 0.3) is 0 Å². The summed E-state index contributed by atoms with van der Waals surface area (Å²) in [5, 5.41) is 0. The summed E-state index contributed by atoms with van der Waals surface area (Å²) >= 11 is 0. The number of hydrogen-bond donors (Lipinski definition) is 4. The number of hydrogen-bond acceptors (Lipinski definition) is 5. The lowest BCUT2D eigenvalue weighted by molar-refractivity contribution is 0.253. The van der Waals surface area contributed by atoms with E-state index < -0.39 is 12.1 Å². The van der Waals surface area contributed by atoms with E-state index >= 15 is 0 Å². The number of nitrogens with two attached hydrogens (primary N) is 2. The Labute approximate surface area is 74.6 Å². The van der Waals surface area contributed by atoms with Gasteiger partial charge in [-0.05, 0) is 0 Å². The molecule has 0 aliphatic rings. The molecule has 0 spiro atoms. The van der Waals surface area contributed by atoms with Crippen molar-refractivity contribution in [3.8, 4) is 0 Å². The minimum absolute atomic E-state index is 0.637. The molecular weight excluding hydrogens is 208 g/mol.